The van der Waals surface area contributed by atoms with Gasteiger partial charge in [0.05, 0.1) is 17.0 Å². The van der Waals surface area contributed by atoms with Gasteiger partial charge in [-0.1, -0.05) is 18.2 Å². The molecule has 1 aromatic rings. The average Bonchev–Trinajstić information content (AvgIpc) is 2.44. The van der Waals surface area contributed by atoms with E-state index in [1.807, 2.05) is 0 Å². The fourth-order valence-electron chi connectivity index (χ4n) is 3.73. The van der Waals surface area contributed by atoms with Crippen LogP contribution in [0.2, 0.25) is 0 Å². The number of halogens is 3. The van der Waals surface area contributed by atoms with E-state index in [4.69, 9.17) is 4.74 Å². The Hall–Kier alpha value is -1.54. The lowest BCUT2D eigenvalue weighted by molar-refractivity contribution is -0.137. The highest BCUT2D eigenvalue weighted by molar-refractivity contribution is 5.40. The smallest absolute Gasteiger partial charge is 0.381 e. The maximum Gasteiger partial charge on any atom is 0.416 e. The van der Waals surface area contributed by atoms with E-state index >= 15 is 0 Å². The molecule has 0 N–H and O–H groups in total. The van der Waals surface area contributed by atoms with E-state index in [9.17, 15) is 18.4 Å². The topological polar surface area (TPSA) is 33.0 Å². The van der Waals surface area contributed by atoms with Gasteiger partial charge in [-0.2, -0.15) is 18.4 Å². The van der Waals surface area contributed by atoms with E-state index in [1.54, 1.807) is 6.07 Å². The summed E-state index contributed by atoms with van der Waals surface area (Å²) in [5.41, 5.74) is -0.861. The van der Waals surface area contributed by atoms with E-state index in [2.05, 4.69) is 6.07 Å². The molecule has 1 saturated carbocycles. The normalized spacial score (nSPS) is 23.3. The third kappa shape index (κ3) is 2.42. The summed E-state index contributed by atoms with van der Waals surface area (Å²) >= 11 is 0. The molecule has 0 unspecified atom stereocenters. The van der Waals surface area contributed by atoms with Gasteiger partial charge in [0.15, 0.2) is 0 Å². The molecule has 112 valence electrons. The second kappa shape index (κ2) is 4.74. The summed E-state index contributed by atoms with van der Waals surface area (Å²) in [4.78, 5) is 0. The van der Waals surface area contributed by atoms with Crippen LogP contribution in [-0.2, 0) is 16.3 Å². The summed E-state index contributed by atoms with van der Waals surface area (Å²) < 4.78 is 43.8. The second-order valence-corrected chi connectivity index (χ2v) is 6.24. The molecule has 1 aromatic carbocycles. The first kappa shape index (κ1) is 14.4. The highest BCUT2D eigenvalue weighted by Gasteiger charge is 2.56. The molecule has 1 aliphatic carbocycles. The molecule has 3 rings (SSSR count). The summed E-state index contributed by atoms with van der Waals surface area (Å²) in [6, 6.07) is 7.50. The molecule has 1 heterocycles. The third-order valence-electron chi connectivity index (χ3n) is 4.86. The van der Waals surface area contributed by atoms with Crippen LogP contribution in [0.4, 0.5) is 13.2 Å². The van der Waals surface area contributed by atoms with Gasteiger partial charge < -0.3 is 4.74 Å². The number of hydrogen-bond donors (Lipinski definition) is 0. The molecular weight excluding hydrogens is 279 g/mol. The van der Waals surface area contributed by atoms with Crippen molar-refractivity contribution in [1.29, 1.82) is 5.26 Å². The van der Waals surface area contributed by atoms with Crippen molar-refractivity contribution in [2.45, 2.75) is 37.3 Å². The van der Waals surface area contributed by atoms with Gasteiger partial charge in [-0.3, -0.25) is 0 Å². The maximum absolute atomic E-state index is 12.8. The molecule has 1 aliphatic heterocycles. The summed E-state index contributed by atoms with van der Waals surface area (Å²) in [6.07, 6.45) is -1.29. The SMILES string of the molecule is N#CC1(c2cccc(C(F)(F)F)c2)CC2(CCOCC2)C1. The predicted molar refractivity (Wildman–Crippen MR) is 70.5 cm³/mol. The van der Waals surface area contributed by atoms with E-state index in [-0.39, 0.29) is 5.41 Å². The van der Waals surface area contributed by atoms with Crippen LogP contribution < -0.4 is 0 Å². The van der Waals surface area contributed by atoms with Crippen LogP contribution in [-0.4, -0.2) is 13.2 Å². The first-order valence-corrected chi connectivity index (χ1v) is 7.06. The van der Waals surface area contributed by atoms with Crippen molar-refractivity contribution >= 4 is 0 Å². The Kier molecular flexibility index (Phi) is 3.25. The Labute approximate surface area is 121 Å². The number of rotatable bonds is 1. The van der Waals surface area contributed by atoms with Crippen molar-refractivity contribution in [3.63, 3.8) is 0 Å². The van der Waals surface area contributed by atoms with Crippen LogP contribution in [0, 0.1) is 16.7 Å². The fraction of sp³-hybridized carbons (Fsp3) is 0.562. The maximum atomic E-state index is 12.8. The Morgan fingerprint density at radius 1 is 1.14 bits per heavy atom. The predicted octanol–water partition coefficient (Wildman–Crippen LogP) is 4.06. The van der Waals surface area contributed by atoms with Crippen LogP contribution >= 0.6 is 0 Å². The highest BCUT2D eigenvalue weighted by atomic mass is 19.4. The van der Waals surface area contributed by atoms with Crippen molar-refractivity contribution in [2.75, 3.05) is 13.2 Å². The van der Waals surface area contributed by atoms with Crippen molar-refractivity contribution in [3.05, 3.63) is 35.4 Å². The van der Waals surface area contributed by atoms with Crippen molar-refractivity contribution in [1.82, 2.24) is 0 Å². The van der Waals surface area contributed by atoms with Crippen LogP contribution in [0.5, 0.6) is 0 Å². The number of alkyl halides is 3. The molecule has 0 atom stereocenters. The molecule has 5 heteroatoms. The molecule has 2 fully saturated rings. The Bertz CT molecular complexity index is 574. The number of hydrogen-bond acceptors (Lipinski definition) is 2. The summed E-state index contributed by atoms with van der Waals surface area (Å²) in [6.45, 7) is 1.37. The minimum atomic E-state index is -4.37. The lowest BCUT2D eigenvalue weighted by Crippen LogP contribution is -2.51. The van der Waals surface area contributed by atoms with Crippen molar-refractivity contribution in [2.24, 2.45) is 5.41 Å². The van der Waals surface area contributed by atoms with Gasteiger partial charge in [0.2, 0.25) is 0 Å². The Balaban J connectivity index is 1.87. The molecule has 0 bridgehead atoms. The fourth-order valence-corrected chi connectivity index (χ4v) is 3.73. The Morgan fingerprint density at radius 2 is 1.81 bits per heavy atom. The van der Waals surface area contributed by atoms with E-state index in [0.717, 1.165) is 25.0 Å². The van der Waals surface area contributed by atoms with Gasteiger partial charge in [-0.15, -0.1) is 0 Å². The molecule has 0 aromatic heterocycles. The number of nitriles is 1. The number of benzene rings is 1. The van der Waals surface area contributed by atoms with E-state index < -0.39 is 17.2 Å². The first-order chi connectivity index (χ1) is 9.89. The molecule has 0 radical (unpaired) electrons. The lowest BCUT2D eigenvalue weighted by atomic mass is 9.48. The molecule has 2 aliphatic rings. The zero-order valence-corrected chi connectivity index (χ0v) is 11.5. The summed E-state index contributed by atoms with van der Waals surface area (Å²) in [7, 11) is 0. The number of ether oxygens (including phenoxy) is 1. The minimum absolute atomic E-state index is 0.0855. The van der Waals surface area contributed by atoms with Gasteiger partial charge in [0, 0.05) is 13.2 Å². The zero-order chi connectivity index (χ0) is 15.1. The highest BCUT2D eigenvalue weighted by Crippen LogP contribution is 2.60. The van der Waals surface area contributed by atoms with E-state index in [1.165, 1.54) is 6.07 Å². The molecule has 1 spiro atoms. The standard InChI is InChI=1S/C16H16F3NO/c17-16(18,19)13-3-1-2-12(8-13)15(11-20)9-14(10-15)4-6-21-7-5-14/h1-3,8H,4-7,9-10H2. The Morgan fingerprint density at radius 3 is 2.38 bits per heavy atom. The van der Waals surface area contributed by atoms with Gasteiger partial charge in [0.25, 0.3) is 0 Å². The van der Waals surface area contributed by atoms with Crippen molar-refractivity contribution < 1.29 is 17.9 Å². The molecular formula is C16H16F3NO. The average molecular weight is 295 g/mol. The van der Waals surface area contributed by atoms with Crippen LogP contribution in [0.15, 0.2) is 24.3 Å². The first-order valence-electron chi connectivity index (χ1n) is 7.06. The van der Waals surface area contributed by atoms with Gasteiger partial charge in [-0.25, -0.2) is 0 Å². The molecule has 0 amide bonds. The van der Waals surface area contributed by atoms with Crippen molar-refractivity contribution in [3.8, 4) is 6.07 Å². The quantitative estimate of drug-likeness (QED) is 0.783. The molecule has 2 nitrogen and oxygen atoms in total. The summed E-state index contributed by atoms with van der Waals surface area (Å²) in [5.74, 6) is 0. The minimum Gasteiger partial charge on any atom is -0.381 e. The lowest BCUT2D eigenvalue weighted by Gasteiger charge is -2.55. The van der Waals surface area contributed by atoms with E-state index in [0.29, 0.717) is 31.6 Å². The second-order valence-electron chi connectivity index (χ2n) is 6.24. The summed E-state index contributed by atoms with van der Waals surface area (Å²) in [5, 5.41) is 9.54. The van der Waals surface area contributed by atoms with Gasteiger partial charge >= 0.3 is 6.18 Å². The van der Waals surface area contributed by atoms with Crippen LogP contribution in [0.25, 0.3) is 0 Å². The third-order valence-corrected chi connectivity index (χ3v) is 4.86. The van der Waals surface area contributed by atoms with Crippen LogP contribution in [0.1, 0.15) is 36.8 Å². The monoisotopic (exact) mass is 295 g/mol. The number of nitrogens with zero attached hydrogens (tertiary/aromatic N) is 1. The zero-order valence-electron chi connectivity index (χ0n) is 11.5. The van der Waals surface area contributed by atoms with Gasteiger partial charge in [0.1, 0.15) is 0 Å². The molecule has 1 saturated heterocycles. The molecule has 21 heavy (non-hydrogen) atoms. The largest absolute Gasteiger partial charge is 0.416 e. The van der Waals surface area contributed by atoms with Gasteiger partial charge in [-0.05, 0) is 42.7 Å². The van der Waals surface area contributed by atoms with Crippen LogP contribution in [0.3, 0.4) is 0 Å².